The van der Waals surface area contributed by atoms with Crippen molar-refractivity contribution in [1.82, 2.24) is 20.1 Å². The molecule has 1 saturated heterocycles. The number of thiophene rings is 1. The van der Waals surface area contributed by atoms with Crippen LogP contribution in [0, 0.1) is 5.92 Å². The highest BCUT2D eigenvalue weighted by atomic mass is 32.2. The summed E-state index contributed by atoms with van der Waals surface area (Å²) in [6, 6.07) is 3.92. The van der Waals surface area contributed by atoms with Crippen LogP contribution in [0.25, 0.3) is 10.7 Å². The van der Waals surface area contributed by atoms with Crippen molar-refractivity contribution < 1.29 is 14.3 Å². The summed E-state index contributed by atoms with van der Waals surface area (Å²) in [4.78, 5) is 31.0. The third-order valence-corrected chi connectivity index (χ3v) is 5.64. The number of rotatable bonds is 5. The summed E-state index contributed by atoms with van der Waals surface area (Å²) >= 11 is 2.91. The van der Waals surface area contributed by atoms with Crippen molar-refractivity contribution in [2.75, 3.05) is 26.0 Å². The fourth-order valence-corrected chi connectivity index (χ4v) is 3.95. The number of aromatic amines is 1. The van der Waals surface area contributed by atoms with E-state index in [-0.39, 0.29) is 17.8 Å². The van der Waals surface area contributed by atoms with Gasteiger partial charge in [0.05, 0.1) is 23.7 Å². The van der Waals surface area contributed by atoms with Gasteiger partial charge in [0.2, 0.25) is 11.1 Å². The summed E-state index contributed by atoms with van der Waals surface area (Å²) in [6.45, 7) is 1.18. The van der Waals surface area contributed by atoms with Gasteiger partial charge in [-0.05, 0) is 24.3 Å². The van der Waals surface area contributed by atoms with E-state index in [4.69, 9.17) is 4.74 Å². The molecule has 0 saturated carbocycles. The average molecular weight is 366 g/mol. The molecule has 0 unspecified atom stereocenters. The van der Waals surface area contributed by atoms with Gasteiger partial charge in [-0.3, -0.25) is 14.7 Å². The van der Waals surface area contributed by atoms with Crippen LogP contribution in [-0.2, 0) is 14.3 Å². The molecule has 128 valence electrons. The van der Waals surface area contributed by atoms with Crippen LogP contribution in [0.1, 0.15) is 12.8 Å². The molecule has 0 aromatic carbocycles. The maximum absolute atomic E-state index is 12.3. The molecular formula is C15H18N4O3S2. The van der Waals surface area contributed by atoms with Crippen LogP contribution in [0.2, 0.25) is 0 Å². The quantitative estimate of drug-likeness (QED) is 0.643. The molecule has 3 rings (SSSR count). The lowest BCUT2D eigenvalue weighted by Crippen LogP contribution is -2.41. The predicted octanol–water partition coefficient (Wildman–Crippen LogP) is 2.04. The van der Waals surface area contributed by atoms with E-state index in [1.807, 2.05) is 17.5 Å². The number of carbonyl (C=O) groups is 2. The molecule has 0 atom stereocenters. The summed E-state index contributed by atoms with van der Waals surface area (Å²) in [5.41, 5.74) is 0. The standard InChI is InChI=1S/C15H18N4O3S2/c1-22-14(21)10-4-6-19(7-5-10)12(20)9-24-15-16-13(17-18-15)11-3-2-8-23-11/h2-3,8,10H,4-7,9H2,1H3,(H,16,17,18). The highest BCUT2D eigenvalue weighted by molar-refractivity contribution is 7.99. The molecule has 0 radical (unpaired) electrons. The highest BCUT2D eigenvalue weighted by Crippen LogP contribution is 2.24. The van der Waals surface area contributed by atoms with Crippen LogP contribution in [0.5, 0.6) is 0 Å². The summed E-state index contributed by atoms with van der Waals surface area (Å²) in [5.74, 6) is 0.793. The van der Waals surface area contributed by atoms with Gasteiger partial charge in [0, 0.05) is 13.1 Å². The van der Waals surface area contributed by atoms with Crippen LogP contribution in [0.15, 0.2) is 22.7 Å². The molecule has 3 heterocycles. The van der Waals surface area contributed by atoms with E-state index in [0.717, 1.165) is 10.7 Å². The first-order valence-corrected chi connectivity index (χ1v) is 9.48. The molecule has 2 aromatic rings. The second kappa shape index (κ2) is 7.80. The van der Waals surface area contributed by atoms with Gasteiger partial charge in [0.1, 0.15) is 0 Å². The highest BCUT2D eigenvalue weighted by Gasteiger charge is 2.27. The first-order chi connectivity index (χ1) is 11.7. The van der Waals surface area contributed by atoms with Crippen LogP contribution < -0.4 is 0 Å². The largest absolute Gasteiger partial charge is 0.469 e. The number of hydrogen-bond donors (Lipinski definition) is 1. The molecule has 1 aliphatic rings. The zero-order valence-electron chi connectivity index (χ0n) is 13.2. The molecule has 1 amide bonds. The molecule has 1 fully saturated rings. The fourth-order valence-electron chi connectivity index (χ4n) is 2.58. The van der Waals surface area contributed by atoms with Gasteiger partial charge in [-0.15, -0.1) is 16.4 Å². The van der Waals surface area contributed by atoms with Gasteiger partial charge in [-0.1, -0.05) is 17.8 Å². The van der Waals surface area contributed by atoms with Crippen molar-refractivity contribution in [2.24, 2.45) is 5.92 Å². The van der Waals surface area contributed by atoms with Gasteiger partial charge >= 0.3 is 5.97 Å². The number of esters is 1. The number of nitrogens with one attached hydrogen (secondary N) is 1. The topological polar surface area (TPSA) is 88.2 Å². The number of ether oxygens (including phenoxy) is 1. The van der Waals surface area contributed by atoms with E-state index in [9.17, 15) is 9.59 Å². The van der Waals surface area contributed by atoms with E-state index in [2.05, 4.69) is 15.2 Å². The lowest BCUT2D eigenvalue weighted by atomic mass is 9.97. The van der Waals surface area contributed by atoms with Crippen molar-refractivity contribution in [3.05, 3.63) is 17.5 Å². The number of aromatic nitrogens is 3. The molecule has 2 aromatic heterocycles. The second-order valence-corrected chi connectivity index (χ2v) is 7.30. The SMILES string of the molecule is COC(=O)C1CCN(C(=O)CSc2n[nH]c(-c3cccs3)n2)CC1. The summed E-state index contributed by atoms with van der Waals surface area (Å²) < 4.78 is 4.76. The number of nitrogens with zero attached hydrogens (tertiary/aromatic N) is 3. The Balaban J connectivity index is 1.47. The number of likely N-dealkylation sites (tertiary alicyclic amines) is 1. The smallest absolute Gasteiger partial charge is 0.308 e. The summed E-state index contributed by atoms with van der Waals surface area (Å²) in [6.07, 6.45) is 1.32. The van der Waals surface area contributed by atoms with Gasteiger partial charge in [-0.2, -0.15) is 0 Å². The Bertz CT molecular complexity index is 693. The Morgan fingerprint density at radius 2 is 2.25 bits per heavy atom. The van der Waals surface area contributed by atoms with Gasteiger partial charge in [0.15, 0.2) is 5.82 Å². The van der Waals surface area contributed by atoms with Gasteiger partial charge in [0.25, 0.3) is 0 Å². The minimum absolute atomic E-state index is 0.0470. The molecular weight excluding hydrogens is 348 g/mol. The maximum Gasteiger partial charge on any atom is 0.308 e. The first-order valence-electron chi connectivity index (χ1n) is 7.62. The van der Waals surface area contributed by atoms with E-state index >= 15 is 0 Å². The monoisotopic (exact) mass is 366 g/mol. The molecule has 1 aliphatic heterocycles. The van der Waals surface area contributed by atoms with Crippen LogP contribution in [0.3, 0.4) is 0 Å². The Labute approximate surface area is 147 Å². The number of hydrogen-bond acceptors (Lipinski definition) is 7. The number of amides is 1. The fraction of sp³-hybridized carbons (Fsp3) is 0.467. The third kappa shape index (κ3) is 3.96. The summed E-state index contributed by atoms with van der Waals surface area (Å²) in [7, 11) is 1.40. The van der Waals surface area contributed by atoms with Crippen molar-refractivity contribution in [3.8, 4) is 10.7 Å². The van der Waals surface area contributed by atoms with Crippen LogP contribution in [0.4, 0.5) is 0 Å². The Morgan fingerprint density at radius 1 is 1.46 bits per heavy atom. The predicted molar refractivity (Wildman–Crippen MR) is 91.7 cm³/mol. The Morgan fingerprint density at radius 3 is 2.92 bits per heavy atom. The van der Waals surface area contributed by atoms with Crippen LogP contribution >= 0.6 is 23.1 Å². The number of piperidine rings is 1. The van der Waals surface area contributed by atoms with E-state index in [1.165, 1.54) is 18.9 Å². The molecule has 24 heavy (non-hydrogen) atoms. The van der Waals surface area contributed by atoms with E-state index < -0.39 is 0 Å². The molecule has 7 nitrogen and oxygen atoms in total. The van der Waals surface area contributed by atoms with E-state index in [1.54, 1.807) is 16.2 Å². The average Bonchev–Trinajstić information content (AvgIpc) is 3.30. The minimum atomic E-state index is -0.182. The normalized spacial score (nSPS) is 15.5. The number of thioether (sulfide) groups is 1. The lowest BCUT2D eigenvalue weighted by molar-refractivity contribution is -0.148. The molecule has 1 N–H and O–H groups in total. The van der Waals surface area contributed by atoms with Crippen LogP contribution in [-0.4, -0.2) is 57.9 Å². The zero-order valence-corrected chi connectivity index (χ0v) is 14.9. The minimum Gasteiger partial charge on any atom is -0.469 e. The van der Waals surface area contributed by atoms with Crippen molar-refractivity contribution in [1.29, 1.82) is 0 Å². The van der Waals surface area contributed by atoms with Crippen molar-refractivity contribution in [2.45, 2.75) is 18.0 Å². The Hall–Kier alpha value is -1.87. The molecule has 0 bridgehead atoms. The lowest BCUT2D eigenvalue weighted by Gasteiger charge is -2.30. The number of H-pyrrole nitrogens is 1. The van der Waals surface area contributed by atoms with E-state index in [0.29, 0.717) is 36.8 Å². The Kier molecular flexibility index (Phi) is 5.52. The zero-order chi connectivity index (χ0) is 16.9. The van der Waals surface area contributed by atoms with Gasteiger partial charge < -0.3 is 9.64 Å². The molecule has 0 spiro atoms. The number of methoxy groups -OCH3 is 1. The van der Waals surface area contributed by atoms with Gasteiger partial charge in [-0.25, -0.2) is 4.98 Å². The second-order valence-electron chi connectivity index (χ2n) is 5.41. The molecule has 0 aliphatic carbocycles. The number of carbonyl (C=O) groups excluding carboxylic acids is 2. The van der Waals surface area contributed by atoms with Crippen molar-refractivity contribution in [3.63, 3.8) is 0 Å². The van der Waals surface area contributed by atoms with Crippen molar-refractivity contribution >= 4 is 35.0 Å². The summed E-state index contributed by atoms with van der Waals surface area (Å²) in [5, 5.41) is 9.57. The third-order valence-electron chi connectivity index (χ3n) is 3.93. The first kappa shape index (κ1) is 17.0. The molecule has 9 heteroatoms. The maximum atomic E-state index is 12.3.